The second-order valence-electron chi connectivity index (χ2n) is 5.27. The predicted octanol–water partition coefficient (Wildman–Crippen LogP) is 3.10. The van der Waals surface area contributed by atoms with Crippen LogP contribution in [0.2, 0.25) is 0 Å². The summed E-state index contributed by atoms with van der Waals surface area (Å²) in [4.78, 5) is 17.7. The quantitative estimate of drug-likeness (QED) is 0.797. The number of nitrogens with zero attached hydrogens (tertiary/aromatic N) is 3. The van der Waals surface area contributed by atoms with E-state index in [1.54, 1.807) is 11.1 Å². The van der Waals surface area contributed by atoms with E-state index in [-0.39, 0.29) is 5.91 Å². The maximum atomic E-state index is 12.6. The van der Waals surface area contributed by atoms with Crippen LogP contribution in [0.25, 0.3) is 11.3 Å². The van der Waals surface area contributed by atoms with Gasteiger partial charge >= 0.3 is 6.18 Å². The van der Waals surface area contributed by atoms with Gasteiger partial charge in [0.05, 0.1) is 17.8 Å². The highest BCUT2D eigenvalue weighted by molar-refractivity contribution is 5.87. The molecule has 0 atom stereocenters. The minimum atomic E-state index is -4.35. The lowest BCUT2D eigenvalue weighted by Gasteiger charge is -2.26. The van der Waals surface area contributed by atoms with E-state index in [0.29, 0.717) is 36.7 Å². The number of benzene rings is 1. The second-order valence-corrected chi connectivity index (χ2v) is 5.27. The van der Waals surface area contributed by atoms with E-state index in [2.05, 4.69) is 11.6 Å². The number of amides is 1. The summed E-state index contributed by atoms with van der Waals surface area (Å²) in [5.74, 6) is 0.552. The first-order chi connectivity index (χ1) is 10.9. The fourth-order valence-electron chi connectivity index (χ4n) is 2.54. The fourth-order valence-corrected chi connectivity index (χ4v) is 2.54. The molecule has 2 heterocycles. The van der Waals surface area contributed by atoms with Crippen LogP contribution in [0.3, 0.4) is 0 Å². The summed E-state index contributed by atoms with van der Waals surface area (Å²) in [6.45, 7) is 4.98. The highest BCUT2D eigenvalue weighted by Crippen LogP contribution is 2.31. The molecule has 0 unspecified atom stereocenters. The lowest BCUT2D eigenvalue weighted by molar-refractivity contribution is -0.137. The monoisotopic (exact) mass is 321 g/mol. The minimum absolute atomic E-state index is 0.157. The van der Waals surface area contributed by atoms with Gasteiger partial charge in [-0.1, -0.05) is 18.7 Å². The maximum Gasteiger partial charge on any atom is 0.416 e. The van der Waals surface area contributed by atoms with Gasteiger partial charge in [-0.05, 0) is 18.2 Å². The molecule has 0 fully saturated rings. The molecule has 0 saturated heterocycles. The largest absolute Gasteiger partial charge is 0.416 e. The third-order valence-corrected chi connectivity index (χ3v) is 3.80. The second kappa shape index (κ2) is 5.57. The number of hydrogen-bond acceptors (Lipinski definition) is 2. The highest BCUT2D eigenvalue weighted by atomic mass is 19.4. The molecule has 1 aliphatic heterocycles. The first kappa shape index (κ1) is 15.3. The third kappa shape index (κ3) is 2.99. The summed E-state index contributed by atoms with van der Waals surface area (Å²) in [6, 6.07) is 4.90. The van der Waals surface area contributed by atoms with Crippen LogP contribution in [-0.4, -0.2) is 26.9 Å². The Morgan fingerprint density at radius 2 is 1.91 bits per heavy atom. The van der Waals surface area contributed by atoms with Gasteiger partial charge in [-0.25, -0.2) is 4.98 Å². The van der Waals surface area contributed by atoms with Crippen LogP contribution in [-0.2, 0) is 24.1 Å². The van der Waals surface area contributed by atoms with Gasteiger partial charge in [0.15, 0.2) is 0 Å². The maximum absolute atomic E-state index is 12.6. The number of imidazole rings is 1. The van der Waals surface area contributed by atoms with Crippen molar-refractivity contribution in [2.45, 2.75) is 19.3 Å². The number of carbonyl (C=O) groups is 1. The number of hydrogen-bond donors (Lipinski definition) is 0. The van der Waals surface area contributed by atoms with E-state index in [9.17, 15) is 18.0 Å². The molecule has 0 N–H and O–H groups in total. The van der Waals surface area contributed by atoms with Gasteiger partial charge in [0.25, 0.3) is 0 Å². The molecular weight excluding hydrogens is 307 g/mol. The first-order valence-corrected chi connectivity index (χ1v) is 7.03. The van der Waals surface area contributed by atoms with Crippen LogP contribution in [0.4, 0.5) is 13.2 Å². The van der Waals surface area contributed by atoms with Gasteiger partial charge in [-0.3, -0.25) is 4.79 Å². The van der Waals surface area contributed by atoms with Gasteiger partial charge in [0, 0.05) is 24.8 Å². The molecule has 120 valence electrons. The fraction of sp³-hybridized carbons (Fsp3) is 0.250. The van der Waals surface area contributed by atoms with E-state index < -0.39 is 11.7 Å². The molecule has 0 radical (unpaired) electrons. The molecule has 1 aliphatic rings. The van der Waals surface area contributed by atoms with Crippen molar-refractivity contribution < 1.29 is 18.0 Å². The molecular formula is C16H14F3N3O. The lowest BCUT2D eigenvalue weighted by atomic mass is 10.1. The molecule has 1 aromatic heterocycles. The zero-order chi connectivity index (χ0) is 16.6. The zero-order valence-electron chi connectivity index (χ0n) is 12.2. The molecule has 0 spiro atoms. The van der Waals surface area contributed by atoms with Crippen molar-refractivity contribution >= 4 is 5.91 Å². The standard InChI is InChI=1S/C16H14F3N3O/c1-2-15(23)22-8-7-21-9-13(20-14(21)10-22)11-3-5-12(6-4-11)16(17,18)19/h2-6,9H,1,7-8,10H2. The SMILES string of the molecule is C=CC(=O)N1CCn2cc(-c3ccc(C(F)(F)F)cc3)nc2C1. The Morgan fingerprint density at radius 1 is 1.22 bits per heavy atom. The van der Waals surface area contributed by atoms with Crippen LogP contribution in [0, 0.1) is 0 Å². The molecule has 0 bridgehead atoms. The smallest absolute Gasteiger partial charge is 0.331 e. The van der Waals surface area contributed by atoms with Crippen molar-refractivity contribution in [2.75, 3.05) is 6.54 Å². The number of alkyl halides is 3. The third-order valence-electron chi connectivity index (χ3n) is 3.80. The Hall–Kier alpha value is -2.57. The average molecular weight is 321 g/mol. The Labute approximate surface area is 130 Å². The van der Waals surface area contributed by atoms with E-state index in [1.807, 2.05) is 4.57 Å². The van der Waals surface area contributed by atoms with Crippen LogP contribution in [0.5, 0.6) is 0 Å². The van der Waals surface area contributed by atoms with Crippen molar-refractivity contribution in [3.05, 3.63) is 54.5 Å². The topological polar surface area (TPSA) is 38.1 Å². The van der Waals surface area contributed by atoms with Crippen molar-refractivity contribution in [2.24, 2.45) is 0 Å². The van der Waals surface area contributed by atoms with Crippen LogP contribution < -0.4 is 0 Å². The van der Waals surface area contributed by atoms with Gasteiger partial charge in [0.2, 0.25) is 5.91 Å². The Morgan fingerprint density at radius 3 is 2.52 bits per heavy atom. The summed E-state index contributed by atoms with van der Waals surface area (Å²) >= 11 is 0. The van der Waals surface area contributed by atoms with Crippen molar-refractivity contribution in [1.29, 1.82) is 0 Å². The zero-order valence-corrected chi connectivity index (χ0v) is 12.2. The number of carbonyl (C=O) groups excluding carboxylic acids is 1. The summed E-state index contributed by atoms with van der Waals surface area (Å²) in [5, 5.41) is 0. The van der Waals surface area contributed by atoms with Crippen molar-refractivity contribution in [1.82, 2.24) is 14.5 Å². The summed E-state index contributed by atoms with van der Waals surface area (Å²) < 4.78 is 39.7. The van der Waals surface area contributed by atoms with Crippen LogP contribution in [0.15, 0.2) is 43.1 Å². The minimum Gasteiger partial charge on any atom is -0.331 e. The van der Waals surface area contributed by atoms with Crippen LogP contribution >= 0.6 is 0 Å². The van der Waals surface area contributed by atoms with E-state index in [1.165, 1.54) is 18.2 Å². The Balaban J connectivity index is 1.85. The molecule has 3 rings (SSSR count). The average Bonchev–Trinajstić information content (AvgIpc) is 2.96. The van der Waals surface area contributed by atoms with E-state index in [0.717, 1.165) is 12.1 Å². The van der Waals surface area contributed by atoms with Crippen molar-refractivity contribution in [3.63, 3.8) is 0 Å². The predicted molar refractivity (Wildman–Crippen MR) is 78.3 cm³/mol. The van der Waals surface area contributed by atoms with Gasteiger partial charge in [-0.2, -0.15) is 13.2 Å². The van der Waals surface area contributed by atoms with Crippen molar-refractivity contribution in [3.8, 4) is 11.3 Å². The number of aromatic nitrogens is 2. The number of halogens is 3. The van der Waals surface area contributed by atoms with Gasteiger partial charge in [-0.15, -0.1) is 0 Å². The van der Waals surface area contributed by atoms with Crippen LogP contribution in [0.1, 0.15) is 11.4 Å². The number of rotatable bonds is 2. The van der Waals surface area contributed by atoms with E-state index in [4.69, 9.17) is 0 Å². The van der Waals surface area contributed by atoms with Gasteiger partial charge < -0.3 is 9.47 Å². The molecule has 7 heteroatoms. The molecule has 4 nitrogen and oxygen atoms in total. The summed E-state index contributed by atoms with van der Waals surface area (Å²) in [5.41, 5.74) is 0.524. The first-order valence-electron chi connectivity index (χ1n) is 7.03. The Kier molecular flexibility index (Phi) is 3.71. The molecule has 0 saturated carbocycles. The lowest BCUT2D eigenvalue weighted by Crippen LogP contribution is -2.37. The molecule has 23 heavy (non-hydrogen) atoms. The molecule has 1 aromatic carbocycles. The number of fused-ring (bicyclic) bond motifs is 1. The summed E-state index contributed by atoms with van der Waals surface area (Å²) in [7, 11) is 0. The Bertz CT molecular complexity index is 747. The van der Waals surface area contributed by atoms with Gasteiger partial charge in [0.1, 0.15) is 5.82 Å². The normalized spacial score (nSPS) is 14.5. The molecule has 2 aromatic rings. The summed E-state index contributed by atoms with van der Waals surface area (Å²) in [6.07, 6.45) is -1.29. The molecule has 1 amide bonds. The highest BCUT2D eigenvalue weighted by Gasteiger charge is 2.30. The van der Waals surface area contributed by atoms with E-state index >= 15 is 0 Å². The molecule has 0 aliphatic carbocycles.